The number of aromatic nitrogens is 3. The highest BCUT2D eigenvalue weighted by Gasteiger charge is 2.24. The monoisotopic (exact) mass is 468 g/mol. The molecule has 9 heteroatoms. The number of nitrogen functional groups attached to an aromatic ring is 1. The van der Waals surface area contributed by atoms with E-state index >= 15 is 0 Å². The zero-order valence-electron chi connectivity index (χ0n) is 19.6. The van der Waals surface area contributed by atoms with Crippen molar-refractivity contribution in [3.05, 3.63) is 22.7 Å². The summed E-state index contributed by atoms with van der Waals surface area (Å²) in [5, 5.41) is 0. The Bertz CT molecular complexity index is 1140. The SMILES string of the molecule is COc1ncc(-c2nc(N3CCOCC3)nc3c(CN4CCC(C)CC4)c(C)sc23)cc1N. The number of ether oxygens (including phenoxy) is 2. The third-order valence-electron chi connectivity index (χ3n) is 6.72. The summed E-state index contributed by atoms with van der Waals surface area (Å²) < 4.78 is 11.9. The van der Waals surface area contributed by atoms with Gasteiger partial charge in [-0.25, -0.2) is 15.0 Å². The van der Waals surface area contributed by atoms with Crippen LogP contribution in [-0.2, 0) is 11.3 Å². The molecule has 176 valence electrons. The van der Waals surface area contributed by atoms with Crippen molar-refractivity contribution in [2.75, 3.05) is 57.1 Å². The zero-order chi connectivity index (χ0) is 22.9. The van der Waals surface area contributed by atoms with E-state index in [0.29, 0.717) is 24.8 Å². The van der Waals surface area contributed by atoms with Crippen LogP contribution in [0.15, 0.2) is 12.3 Å². The molecule has 3 aromatic rings. The van der Waals surface area contributed by atoms with Gasteiger partial charge in [-0.3, -0.25) is 4.90 Å². The number of thiophene rings is 1. The number of rotatable bonds is 5. The number of nitrogens with zero attached hydrogens (tertiary/aromatic N) is 5. The molecule has 0 aromatic carbocycles. The van der Waals surface area contributed by atoms with Gasteiger partial charge in [0.15, 0.2) is 0 Å². The van der Waals surface area contributed by atoms with Crippen molar-refractivity contribution >= 4 is 33.2 Å². The highest BCUT2D eigenvalue weighted by Crippen LogP contribution is 2.39. The van der Waals surface area contributed by atoms with Gasteiger partial charge in [0.1, 0.15) is 0 Å². The van der Waals surface area contributed by atoms with Gasteiger partial charge >= 0.3 is 0 Å². The van der Waals surface area contributed by atoms with Crippen LogP contribution < -0.4 is 15.4 Å². The molecule has 0 saturated carbocycles. The summed E-state index contributed by atoms with van der Waals surface area (Å²) >= 11 is 1.77. The fourth-order valence-corrected chi connectivity index (χ4v) is 5.74. The molecule has 2 N–H and O–H groups in total. The molecule has 0 atom stereocenters. The van der Waals surface area contributed by atoms with Gasteiger partial charge in [-0.15, -0.1) is 11.3 Å². The lowest BCUT2D eigenvalue weighted by Crippen LogP contribution is -2.37. The number of fused-ring (bicyclic) bond motifs is 1. The van der Waals surface area contributed by atoms with E-state index in [-0.39, 0.29) is 0 Å². The Morgan fingerprint density at radius 3 is 2.64 bits per heavy atom. The average Bonchev–Trinajstić information content (AvgIpc) is 3.15. The number of hydrogen-bond donors (Lipinski definition) is 1. The molecular weight excluding hydrogens is 436 g/mol. The van der Waals surface area contributed by atoms with Crippen LogP contribution in [0.3, 0.4) is 0 Å². The van der Waals surface area contributed by atoms with Gasteiger partial charge in [-0.1, -0.05) is 6.92 Å². The van der Waals surface area contributed by atoms with Crippen LogP contribution in [0.25, 0.3) is 21.5 Å². The Morgan fingerprint density at radius 2 is 1.94 bits per heavy atom. The van der Waals surface area contributed by atoms with Crippen molar-refractivity contribution in [1.29, 1.82) is 0 Å². The minimum atomic E-state index is 0.430. The molecule has 0 bridgehead atoms. The van der Waals surface area contributed by atoms with E-state index in [4.69, 9.17) is 25.2 Å². The van der Waals surface area contributed by atoms with E-state index in [1.54, 1.807) is 24.6 Å². The van der Waals surface area contributed by atoms with Crippen molar-refractivity contribution in [2.45, 2.75) is 33.2 Å². The number of anilines is 2. The van der Waals surface area contributed by atoms with Crippen molar-refractivity contribution in [3.63, 3.8) is 0 Å². The molecule has 2 aliphatic rings. The first-order valence-corrected chi connectivity index (χ1v) is 12.5. The Labute approximate surface area is 198 Å². The lowest BCUT2D eigenvalue weighted by Gasteiger charge is -2.30. The van der Waals surface area contributed by atoms with Crippen LogP contribution in [0.4, 0.5) is 11.6 Å². The first-order valence-electron chi connectivity index (χ1n) is 11.7. The molecule has 0 amide bonds. The largest absolute Gasteiger partial charge is 0.480 e. The van der Waals surface area contributed by atoms with Gasteiger partial charge in [-0.05, 0) is 44.8 Å². The molecule has 5 rings (SSSR count). The molecule has 2 fully saturated rings. The van der Waals surface area contributed by atoms with Gasteiger partial charge in [0, 0.05) is 41.8 Å². The fourth-order valence-electron chi connectivity index (χ4n) is 4.62. The summed E-state index contributed by atoms with van der Waals surface area (Å²) in [6.07, 6.45) is 4.31. The van der Waals surface area contributed by atoms with Crippen LogP contribution in [0.5, 0.6) is 5.88 Å². The molecule has 2 saturated heterocycles. The predicted octanol–water partition coefficient (Wildman–Crippen LogP) is 3.72. The summed E-state index contributed by atoms with van der Waals surface area (Å²) in [4.78, 5) is 20.6. The zero-order valence-corrected chi connectivity index (χ0v) is 20.5. The summed E-state index contributed by atoms with van der Waals surface area (Å²) in [6, 6.07) is 1.90. The van der Waals surface area contributed by atoms with Gasteiger partial charge in [-0.2, -0.15) is 0 Å². The lowest BCUT2D eigenvalue weighted by molar-refractivity contribution is 0.122. The van der Waals surface area contributed by atoms with E-state index in [1.165, 1.54) is 23.3 Å². The van der Waals surface area contributed by atoms with Crippen LogP contribution in [0.2, 0.25) is 0 Å². The minimum Gasteiger partial charge on any atom is -0.480 e. The minimum absolute atomic E-state index is 0.430. The van der Waals surface area contributed by atoms with E-state index in [1.807, 2.05) is 6.07 Å². The fraction of sp³-hybridized carbons (Fsp3) is 0.542. The third-order valence-corrected chi connectivity index (χ3v) is 7.86. The number of likely N-dealkylation sites (tertiary alicyclic amines) is 1. The molecule has 8 nitrogen and oxygen atoms in total. The summed E-state index contributed by atoms with van der Waals surface area (Å²) in [7, 11) is 1.58. The molecule has 5 heterocycles. The third kappa shape index (κ3) is 4.49. The van der Waals surface area contributed by atoms with Gasteiger partial charge in [0.2, 0.25) is 11.8 Å². The van der Waals surface area contributed by atoms with E-state index < -0.39 is 0 Å². The Kier molecular flexibility index (Phi) is 6.36. The van der Waals surface area contributed by atoms with Gasteiger partial charge < -0.3 is 20.1 Å². The van der Waals surface area contributed by atoms with Crippen LogP contribution in [-0.4, -0.2) is 66.4 Å². The number of aryl methyl sites for hydroxylation is 1. The van der Waals surface area contributed by atoms with Crippen molar-refractivity contribution in [1.82, 2.24) is 19.9 Å². The van der Waals surface area contributed by atoms with E-state index in [2.05, 4.69) is 28.6 Å². The highest BCUT2D eigenvalue weighted by molar-refractivity contribution is 7.19. The van der Waals surface area contributed by atoms with Gasteiger partial charge in [0.05, 0.1) is 41.9 Å². The number of morpholine rings is 1. The van der Waals surface area contributed by atoms with Crippen molar-refractivity contribution in [2.24, 2.45) is 5.92 Å². The molecule has 2 aliphatic heterocycles. The normalized spacial score (nSPS) is 18.2. The topological polar surface area (TPSA) is 89.6 Å². The molecule has 0 aliphatic carbocycles. The number of nitrogens with two attached hydrogens (primary N) is 1. The van der Waals surface area contributed by atoms with E-state index in [9.17, 15) is 0 Å². The Hall–Kier alpha value is -2.49. The smallest absolute Gasteiger partial charge is 0.236 e. The van der Waals surface area contributed by atoms with Crippen LogP contribution in [0.1, 0.15) is 30.2 Å². The number of hydrogen-bond acceptors (Lipinski definition) is 9. The number of methoxy groups -OCH3 is 1. The molecule has 3 aromatic heterocycles. The molecule has 0 radical (unpaired) electrons. The number of pyridine rings is 1. The molecule has 0 unspecified atom stereocenters. The maximum atomic E-state index is 6.20. The first kappa shape index (κ1) is 22.3. The van der Waals surface area contributed by atoms with Crippen LogP contribution in [0, 0.1) is 12.8 Å². The second-order valence-corrected chi connectivity index (χ2v) is 10.3. The first-order chi connectivity index (χ1) is 16.0. The molecule has 0 spiro atoms. The average molecular weight is 469 g/mol. The van der Waals surface area contributed by atoms with Gasteiger partial charge in [0.25, 0.3) is 0 Å². The quantitative estimate of drug-likeness (QED) is 0.606. The maximum absolute atomic E-state index is 6.20. The summed E-state index contributed by atoms with van der Waals surface area (Å²) in [5.41, 5.74) is 10.8. The number of piperidine rings is 1. The standard InChI is InChI=1S/C24H32N6O2S/c1-15-4-6-29(7-5-15)14-18-16(2)33-22-20(17-12-19(25)23(31-3)26-13-17)27-24(28-21(18)22)30-8-10-32-11-9-30/h12-13,15H,4-11,14,25H2,1-3H3. The lowest BCUT2D eigenvalue weighted by atomic mass is 9.99. The van der Waals surface area contributed by atoms with Crippen molar-refractivity contribution < 1.29 is 9.47 Å². The second-order valence-electron chi connectivity index (χ2n) is 9.07. The Morgan fingerprint density at radius 1 is 1.18 bits per heavy atom. The maximum Gasteiger partial charge on any atom is 0.236 e. The van der Waals surface area contributed by atoms with Crippen LogP contribution >= 0.6 is 11.3 Å². The second kappa shape index (κ2) is 9.40. The predicted molar refractivity (Wildman–Crippen MR) is 133 cm³/mol. The summed E-state index contributed by atoms with van der Waals surface area (Å²) in [6.45, 7) is 10.7. The highest BCUT2D eigenvalue weighted by atomic mass is 32.1. The summed E-state index contributed by atoms with van der Waals surface area (Å²) in [5.74, 6) is 2.00. The molecule has 33 heavy (non-hydrogen) atoms. The van der Waals surface area contributed by atoms with Crippen molar-refractivity contribution in [3.8, 4) is 17.1 Å². The molecular formula is C24H32N6O2S. The Balaban J connectivity index is 1.61. The van der Waals surface area contributed by atoms with E-state index in [0.717, 1.165) is 66.1 Å².